The first-order valence-corrected chi connectivity index (χ1v) is 6.65. The van der Waals surface area contributed by atoms with Crippen molar-refractivity contribution in [2.45, 2.75) is 13.5 Å². The molecule has 0 spiro atoms. The smallest absolute Gasteiger partial charge is 0.347 e. The Morgan fingerprint density at radius 1 is 1.32 bits per heavy atom. The fourth-order valence-corrected chi connectivity index (χ4v) is 1.83. The lowest BCUT2D eigenvalue weighted by Gasteiger charge is -2.18. The van der Waals surface area contributed by atoms with E-state index in [0.717, 1.165) is 17.5 Å². The normalized spacial score (nSPS) is 10.7. The predicted molar refractivity (Wildman–Crippen MR) is 81.9 cm³/mol. The van der Waals surface area contributed by atoms with E-state index in [-0.39, 0.29) is 11.8 Å². The maximum Gasteiger partial charge on any atom is 0.347 e. The van der Waals surface area contributed by atoms with E-state index in [4.69, 9.17) is 9.57 Å². The highest BCUT2D eigenvalue weighted by Gasteiger charge is 2.13. The van der Waals surface area contributed by atoms with E-state index in [1.807, 2.05) is 24.3 Å². The molecule has 6 nitrogen and oxygen atoms in total. The van der Waals surface area contributed by atoms with E-state index in [2.05, 4.69) is 15.1 Å². The number of hydrogen-bond acceptors (Lipinski definition) is 6. The van der Waals surface area contributed by atoms with E-state index >= 15 is 0 Å². The lowest BCUT2D eigenvalue weighted by molar-refractivity contribution is 0.313. The maximum absolute atomic E-state index is 13.9. The Balaban J connectivity index is 2.14. The van der Waals surface area contributed by atoms with Crippen molar-refractivity contribution in [2.75, 3.05) is 19.1 Å². The molecule has 1 aromatic carbocycles. The fraction of sp³-hybridized carbons (Fsp3) is 0.267. The second kappa shape index (κ2) is 7.35. The van der Waals surface area contributed by atoms with Crippen molar-refractivity contribution in [3.63, 3.8) is 0 Å². The van der Waals surface area contributed by atoms with E-state index in [1.54, 1.807) is 26.0 Å². The van der Waals surface area contributed by atoms with Gasteiger partial charge >= 0.3 is 6.01 Å². The fourth-order valence-electron chi connectivity index (χ4n) is 1.83. The van der Waals surface area contributed by atoms with Gasteiger partial charge in [-0.05, 0) is 24.6 Å². The van der Waals surface area contributed by atoms with Crippen LogP contribution in [0.25, 0.3) is 0 Å². The Kier molecular flexibility index (Phi) is 5.24. The molecule has 0 N–H and O–H groups in total. The topological polar surface area (TPSA) is 59.8 Å². The van der Waals surface area contributed by atoms with Gasteiger partial charge in [0, 0.05) is 19.8 Å². The number of benzene rings is 1. The number of aromatic nitrogens is 2. The van der Waals surface area contributed by atoms with Crippen LogP contribution < -0.4 is 14.5 Å². The molecule has 0 atom stereocenters. The summed E-state index contributed by atoms with van der Waals surface area (Å²) < 4.78 is 19.0. The van der Waals surface area contributed by atoms with Crippen LogP contribution in [0.3, 0.4) is 0 Å². The summed E-state index contributed by atoms with van der Waals surface area (Å²) in [5.41, 5.74) is 0.996. The molecule has 0 bridgehead atoms. The van der Waals surface area contributed by atoms with Gasteiger partial charge < -0.3 is 14.5 Å². The van der Waals surface area contributed by atoms with Crippen molar-refractivity contribution in [3.8, 4) is 11.8 Å². The quantitative estimate of drug-likeness (QED) is 0.606. The molecule has 2 aromatic rings. The van der Waals surface area contributed by atoms with E-state index in [9.17, 15) is 4.39 Å². The van der Waals surface area contributed by atoms with Gasteiger partial charge in [-0.3, -0.25) is 0 Å². The molecule has 0 aliphatic carbocycles. The van der Waals surface area contributed by atoms with Crippen LogP contribution in [0.4, 0.5) is 10.2 Å². The van der Waals surface area contributed by atoms with Crippen LogP contribution in [0, 0.1) is 5.82 Å². The second-order valence-corrected chi connectivity index (χ2v) is 4.48. The molecule has 0 aliphatic rings. The zero-order chi connectivity index (χ0) is 15.9. The van der Waals surface area contributed by atoms with Gasteiger partial charge in [-0.2, -0.15) is 9.97 Å². The lowest BCUT2D eigenvalue weighted by Crippen LogP contribution is -2.19. The van der Waals surface area contributed by atoms with Crippen molar-refractivity contribution in [1.82, 2.24) is 9.97 Å². The number of rotatable bonds is 6. The molecule has 0 fully saturated rings. The van der Waals surface area contributed by atoms with Gasteiger partial charge in [-0.25, -0.2) is 4.39 Å². The average Bonchev–Trinajstić information content (AvgIpc) is 2.54. The van der Waals surface area contributed by atoms with Crippen LogP contribution in [-0.2, 0) is 6.54 Å². The Bertz CT molecular complexity index is 646. The molecular formula is C15H17FN4O2. The summed E-state index contributed by atoms with van der Waals surface area (Å²) in [5.74, 6) is 0.392. The number of ether oxygens (including phenoxy) is 1. The van der Waals surface area contributed by atoms with Crippen LogP contribution in [0.15, 0.2) is 35.6 Å². The van der Waals surface area contributed by atoms with E-state index < -0.39 is 5.82 Å². The van der Waals surface area contributed by atoms with Gasteiger partial charge in [0.05, 0.1) is 13.3 Å². The minimum Gasteiger partial charge on any atom is -0.497 e. The Labute approximate surface area is 128 Å². The summed E-state index contributed by atoms with van der Waals surface area (Å²) in [4.78, 5) is 14.3. The van der Waals surface area contributed by atoms with Crippen molar-refractivity contribution in [3.05, 3.63) is 41.8 Å². The molecule has 2 rings (SSSR count). The van der Waals surface area contributed by atoms with E-state index in [0.29, 0.717) is 6.54 Å². The third kappa shape index (κ3) is 3.91. The van der Waals surface area contributed by atoms with E-state index in [1.165, 1.54) is 6.21 Å². The molecule has 0 amide bonds. The first-order chi connectivity index (χ1) is 10.6. The first-order valence-electron chi connectivity index (χ1n) is 6.65. The number of nitrogens with zero attached hydrogens (tertiary/aromatic N) is 4. The van der Waals surface area contributed by atoms with Crippen LogP contribution in [-0.4, -0.2) is 30.3 Å². The van der Waals surface area contributed by atoms with Gasteiger partial charge in [0.1, 0.15) is 5.75 Å². The first kappa shape index (κ1) is 15.7. The Hall–Kier alpha value is -2.70. The number of anilines is 1. The summed E-state index contributed by atoms with van der Waals surface area (Å²) in [5, 5.41) is 3.57. The van der Waals surface area contributed by atoms with Crippen LogP contribution in [0.2, 0.25) is 0 Å². The highest BCUT2D eigenvalue weighted by Crippen LogP contribution is 2.20. The molecular weight excluding hydrogens is 287 g/mol. The monoisotopic (exact) mass is 304 g/mol. The lowest BCUT2D eigenvalue weighted by atomic mass is 10.2. The number of hydrogen-bond donors (Lipinski definition) is 0. The van der Waals surface area contributed by atoms with Crippen molar-refractivity contribution >= 4 is 12.0 Å². The van der Waals surface area contributed by atoms with Crippen molar-refractivity contribution in [2.24, 2.45) is 5.16 Å². The molecule has 22 heavy (non-hydrogen) atoms. The molecule has 116 valence electrons. The highest BCUT2D eigenvalue weighted by atomic mass is 19.1. The van der Waals surface area contributed by atoms with Gasteiger partial charge in [0.2, 0.25) is 0 Å². The predicted octanol–water partition coefficient (Wildman–Crippen LogP) is 2.65. The zero-order valence-corrected chi connectivity index (χ0v) is 12.7. The van der Waals surface area contributed by atoms with Crippen LogP contribution >= 0.6 is 0 Å². The molecule has 0 radical (unpaired) electrons. The van der Waals surface area contributed by atoms with Gasteiger partial charge in [0.15, 0.2) is 11.6 Å². The third-order valence-electron chi connectivity index (χ3n) is 2.88. The highest BCUT2D eigenvalue weighted by molar-refractivity contribution is 5.52. The second-order valence-electron chi connectivity index (χ2n) is 4.48. The number of oxime groups is 1. The van der Waals surface area contributed by atoms with Gasteiger partial charge in [-0.15, -0.1) is 0 Å². The maximum atomic E-state index is 13.9. The SMILES string of the molecule is CC=NOc1ncc(F)c(N(C)Cc2ccc(OC)cc2)n1. The average molecular weight is 304 g/mol. The van der Waals surface area contributed by atoms with Crippen molar-refractivity contribution in [1.29, 1.82) is 0 Å². The van der Waals surface area contributed by atoms with Gasteiger partial charge in [0.25, 0.3) is 0 Å². The van der Waals surface area contributed by atoms with Crippen LogP contribution in [0.1, 0.15) is 12.5 Å². The summed E-state index contributed by atoms with van der Waals surface area (Å²) in [6.45, 7) is 2.18. The summed E-state index contributed by atoms with van der Waals surface area (Å²) in [7, 11) is 3.35. The Morgan fingerprint density at radius 2 is 2.05 bits per heavy atom. The molecule has 0 saturated heterocycles. The molecule has 0 saturated carbocycles. The minimum absolute atomic E-state index is 0.00363. The summed E-state index contributed by atoms with van der Waals surface area (Å²) in [6.07, 6.45) is 2.51. The zero-order valence-electron chi connectivity index (χ0n) is 12.7. The molecule has 0 aliphatic heterocycles. The Morgan fingerprint density at radius 3 is 2.68 bits per heavy atom. The molecule has 0 unspecified atom stereocenters. The number of halogens is 1. The minimum atomic E-state index is -0.524. The summed E-state index contributed by atoms with van der Waals surface area (Å²) in [6, 6.07) is 7.52. The van der Waals surface area contributed by atoms with Gasteiger partial charge in [-0.1, -0.05) is 17.3 Å². The third-order valence-corrected chi connectivity index (χ3v) is 2.88. The summed E-state index contributed by atoms with van der Waals surface area (Å²) >= 11 is 0. The van der Waals surface area contributed by atoms with Crippen LogP contribution in [0.5, 0.6) is 11.8 Å². The van der Waals surface area contributed by atoms with Crippen molar-refractivity contribution < 1.29 is 14.0 Å². The molecule has 1 heterocycles. The standard InChI is InChI=1S/C15H17FN4O2/c1-4-18-22-15-17-9-13(16)14(19-15)20(2)10-11-5-7-12(21-3)8-6-11/h4-9H,10H2,1-3H3. The largest absolute Gasteiger partial charge is 0.497 e. The molecule has 7 heteroatoms. The molecule has 1 aromatic heterocycles. The number of methoxy groups -OCH3 is 1.